The molecular weight excluding hydrogens is 490 g/mol. The van der Waals surface area contributed by atoms with Crippen molar-refractivity contribution in [3.05, 3.63) is 58.6 Å². The summed E-state index contributed by atoms with van der Waals surface area (Å²) in [6, 6.07) is 14.2. The Morgan fingerprint density at radius 3 is 2.56 bits per heavy atom. The number of aromatic nitrogens is 2. The highest BCUT2D eigenvalue weighted by molar-refractivity contribution is 9.10. The first kappa shape index (κ1) is 23.9. The van der Waals surface area contributed by atoms with Gasteiger partial charge in [0.2, 0.25) is 11.0 Å². The van der Waals surface area contributed by atoms with Crippen LogP contribution < -0.4 is 16.0 Å². The number of carbonyl (C=O) groups excluding carboxylic acids is 2. The van der Waals surface area contributed by atoms with Crippen molar-refractivity contribution >= 4 is 50.0 Å². The van der Waals surface area contributed by atoms with E-state index in [9.17, 15) is 9.59 Å². The topological polar surface area (TPSA) is 96.0 Å². The molecule has 3 amide bonds. The van der Waals surface area contributed by atoms with Crippen LogP contribution in [0.2, 0.25) is 0 Å². The second kappa shape index (κ2) is 11.2. The molecule has 2 aromatic carbocycles. The molecule has 0 bridgehead atoms. The number of carbonyl (C=O) groups is 2. The molecule has 0 saturated carbocycles. The number of anilines is 2. The number of halogens is 1. The zero-order valence-corrected chi connectivity index (χ0v) is 20.6. The Morgan fingerprint density at radius 1 is 1.06 bits per heavy atom. The summed E-state index contributed by atoms with van der Waals surface area (Å²) < 4.78 is 0.937. The summed E-state index contributed by atoms with van der Waals surface area (Å²) in [6.07, 6.45) is 1.60. The second-order valence-electron chi connectivity index (χ2n) is 7.43. The molecule has 0 saturated heterocycles. The van der Waals surface area contributed by atoms with Gasteiger partial charge in [0.05, 0.1) is 0 Å². The fourth-order valence-corrected chi connectivity index (χ4v) is 4.22. The lowest BCUT2D eigenvalue weighted by atomic mass is 9.98. The summed E-state index contributed by atoms with van der Waals surface area (Å²) in [5, 5.41) is 17.8. The predicted molar refractivity (Wildman–Crippen MR) is 133 cm³/mol. The van der Waals surface area contributed by atoms with Gasteiger partial charge in [-0.2, -0.15) is 0 Å². The summed E-state index contributed by atoms with van der Waals surface area (Å²) >= 11 is 4.73. The molecular formula is C23H26BrN5O2S. The van der Waals surface area contributed by atoms with Crippen molar-refractivity contribution in [1.29, 1.82) is 0 Å². The highest BCUT2D eigenvalue weighted by Crippen LogP contribution is 2.28. The molecule has 0 spiro atoms. The van der Waals surface area contributed by atoms with Crippen LogP contribution in [0.1, 0.15) is 32.8 Å². The van der Waals surface area contributed by atoms with Gasteiger partial charge >= 0.3 is 6.03 Å². The van der Waals surface area contributed by atoms with E-state index in [1.54, 1.807) is 0 Å². The third-order valence-electron chi connectivity index (χ3n) is 5.10. The summed E-state index contributed by atoms with van der Waals surface area (Å²) in [4.78, 5) is 25.6. The number of hydrogen-bond acceptors (Lipinski definition) is 5. The van der Waals surface area contributed by atoms with Crippen molar-refractivity contribution in [2.24, 2.45) is 5.92 Å². The van der Waals surface area contributed by atoms with Crippen LogP contribution >= 0.6 is 27.3 Å². The lowest BCUT2D eigenvalue weighted by Crippen LogP contribution is -2.49. The molecule has 2 atom stereocenters. The Morgan fingerprint density at radius 2 is 1.84 bits per heavy atom. The van der Waals surface area contributed by atoms with E-state index in [2.05, 4.69) is 49.0 Å². The molecule has 0 radical (unpaired) electrons. The van der Waals surface area contributed by atoms with Gasteiger partial charge in [-0.1, -0.05) is 78.7 Å². The highest BCUT2D eigenvalue weighted by atomic mass is 79.9. The van der Waals surface area contributed by atoms with E-state index in [4.69, 9.17) is 0 Å². The number of amides is 3. The van der Waals surface area contributed by atoms with Gasteiger partial charge < -0.3 is 10.6 Å². The standard InChI is InChI=1S/C23H26BrN5O2S/c1-4-14(3)19(26-22(31)25-18-11-6-8-15(5-2)12-18)20(30)27-23-29-28-21(32-23)16-9-7-10-17(24)13-16/h6-14,19H,4-5H2,1-3H3,(H2,25,26,31)(H,27,29,30)/t14-,19+/m0/s1. The van der Waals surface area contributed by atoms with Crippen molar-refractivity contribution in [2.45, 2.75) is 39.7 Å². The normalized spacial score (nSPS) is 12.6. The lowest BCUT2D eigenvalue weighted by Gasteiger charge is -2.23. The van der Waals surface area contributed by atoms with Crippen molar-refractivity contribution in [3.8, 4) is 10.6 Å². The van der Waals surface area contributed by atoms with Gasteiger partial charge in [-0.15, -0.1) is 10.2 Å². The fraction of sp³-hybridized carbons (Fsp3) is 0.304. The quantitative estimate of drug-likeness (QED) is 0.358. The summed E-state index contributed by atoms with van der Waals surface area (Å²) in [5.74, 6) is -0.394. The van der Waals surface area contributed by atoms with Crippen molar-refractivity contribution in [2.75, 3.05) is 10.6 Å². The highest BCUT2D eigenvalue weighted by Gasteiger charge is 2.27. The van der Waals surface area contributed by atoms with E-state index in [0.29, 0.717) is 15.8 Å². The molecule has 9 heteroatoms. The van der Waals surface area contributed by atoms with E-state index >= 15 is 0 Å². The largest absolute Gasteiger partial charge is 0.326 e. The average Bonchev–Trinajstić information content (AvgIpc) is 3.25. The van der Waals surface area contributed by atoms with Crippen LogP contribution in [0.5, 0.6) is 0 Å². The molecule has 0 fully saturated rings. The zero-order valence-electron chi connectivity index (χ0n) is 18.2. The number of rotatable bonds is 8. The van der Waals surface area contributed by atoms with Crippen molar-refractivity contribution < 1.29 is 9.59 Å². The van der Waals surface area contributed by atoms with Gasteiger partial charge in [-0.05, 0) is 42.2 Å². The van der Waals surface area contributed by atoms with Gasteiger partial charge in [-0.3, -0.25) is 10.1 Å². The maximum atomic E-state index is 13.0. The first-order valence-electron chi connectivity index (χ1n) is 10.5. The molecule has 7 nitrogen and oxygen atoms in total. The molecule has 3 N–H and O–H groups in total. The minimum atomic E-state index is -0.715. The van der Waals surface area contributed by atoms with Gasteiger partial charge in [-0.25, -0.2) is 4.79 Å². The van der Waals surface area contributed by atoms with Crippen LogP contribution in [0.4, 0.5) is 15.6 Å². The molecule has 3 rings (SSSR count). The lowest BCUT2D eigenvalue weighted by molar-refractivity contribution is -0.119. The molecule has 1 aromatic heterocycles. The second-order valence-corrected chi connectivity index (χ2v) is 9.32. The maximum absolute atomic E-state index is 13.0. The van der Waals surface area contributed by atoms with Gasteiger partial charge in [0.25, 0.3) is 0 Å². The minimum Gasteiger partial charge on any atom is -0.326 e. The molecule has 1 heterocycles. The van der Waals surface area contributed by atoms with Crippen LogP contribution in [0, 0.1) is 5.92 Å². The van der Waals surface area contributed by atoms with Crippen LogP contribution in [0.25, 0.3) is 10.6 Å². The Balaban J connectivity index is 1.67. The van der Waals surface area contributed by atoms with Gasteiger partial charge in [0, 0.05) is 15.7 Å². The first-order chi connectivity index (χ1) is 15.4. The molecule has 0 aliphatic rings. The zero-order chi connectivity index (χ0) is 23.1. The van der Waals surface area contributed by atoms with E-state index in [0.717, 1.165) is 28.4 Å². The number of hydrogen-bond donors (Lipinski definition) is 3. The van der Waals surface area contributed by atoms with Crippen LogP contribution in [-0.2, 0) is 11.2 Å². The van der Waals surface area contributed by atoms with Crippen molar-refractivity contribution in [3.63, 3.8) is 0 Å². The molecule has 0 aliphatic carbocycles. The molecule has 168 valence electrons. The third kappa shape index (κ3) is 6.37. The number of nitrogens with zero attached hydrogens (tertiary/aromatic N) is 2. The Bertz CT molecular complexity index is 1090. The van der Waals surface area contributed by atoms with E-state index in [1.807, 2.05) is 62.4 Å². The summed E-state index contributed by atoms with van der Waals surface area (Å²) in [7, 11) is 0. The van der Waals surface area contributed by atoms with Crippen LogP contribution in [0.3, 0.4) is 0 Å². The average molecular weight is 516 g/mol. The van der Waals surface area contributed by atoms with Crippen LogP contribution in [0.15, 0.2) is 53.0 Å². The molecule has 0 unspecified atom stereocenters. The minimum absolute atomic E-state index is 0.0693. The number of urea groups is 1. The van der Waals surface area contributed by atoms with E-state index in [1.165, 1.54) is 11.3 Å². The monoisotopic (exact) mass is 515 g/mol. The van der Waals surface area contributed by atoms with E-state index in [-0.39, 0.29) is 11.8 Å². The Labute approximate surface area is 200 Å². The smallest absolute Gasteiger partial charge is 0.319 e. The Hall–Kier alpha value is -2.78. The molecule has 3 aromatic rings. The maximum Gasteiger partial charge on any atom is 0.319 e. The predicted octanol–water partition coefficient (Wildman–Crippen LogP) is 5.70. The fourth-order valence-electron chi connectivity index (χ4n) is 3.07. The van der Waals surface area contributed by atoms with Crippen molar-refractivity contribution in [1.82, 2.24) is 15.5 Å². The summed E-state index contributed by atoms with van der Waals surface area (Å²) in [6.45, 7) is 5.96. The molecule has 32 heavy (non-hydrogen) atoms. The first-order valence-corrected chi connectivity index (χ1v) is 12.1. The number of benzene rings is 2. The number of aryl methyl sites for hydroxylation is 1. The third-order valence-corrected chi connectivity index (χ3v) is 6.48. The van der Waals surface area contributed by atoms with Gasteiger partial charge in [0.1, 0.15) is 11.0 Å². The SMILES string of the molecule is CCc1cccc(NC(=O)N[C@@H](C(=O)Nc2nnc(-c3cccc(Br)c3)s2)[C@@H](C)CC)c1. The summed E-state index contributed by atoms with van der Waals surface area (Å²) in [5.41, 5.74) is 2.71. The van der Waals surface area contributed by atoms with Gasteiger partial charge in [0.15, 0.2) is 0 Å². The number of nitrogens with one attached hydrogen (secondary N) is 3. The molecule has 0 aliphatic heterocycles. The Kier molecular flexibility index (Phi) is 8.35. The van der Waals surface area contributed by atoms with Crippen LogP contribution in [-0.4, -0.2) is 28.2 Å². The van der Waals surface area contributed by atoms with E-state index < -0.39 is 12.1 Å².